The van der Waals surface area contributed by atoms with Gasteiger partial charge >= 0.3 is 0 Å². The van der Waals surface area contributed by atoms with Crippen LogP contribution in [0.1, 0.15) is 5.48 Å². The molecule has 0 bridgehead atoms. The summed E-state index contributed by atoms with van der Waals surface area (Å²) in [5.41, 5.74) is 8.77. The van der Waals surface area contributed by atoms with Gasteiger partial charge < -0.3 is 14.2 Å². The van der Waals surface area contributed by atoms with Gasteiger partial charge in [0.15, 0.2) is 5.58 Å². The number of hydrogen-bond donors (Lipinski definition) is 0. The first-order chi connectivity index (χ1) is 28.9. The molecule has 1 aromatic heterocycles. The van der Waals surface area contributed by atoms with Gasteiger partial charge in [0, 0.05) is 39.2 Å². The van der Waals surface area contributed by atoms with Crippen molar-refractivity contribution in [1.82, 2.24) is 0 Å². The van der Waals surface area contributed by atoms with Gasteiger partial charge in [0.05, 0.1) is 11.2 Å². The molecule has 0 saturated heterocycles. The summed E-state index contributed by atoms with van der Waals surface area (Å²) in [5, 5.41) is 4.03. The van der Waals surface area contributed by atoms with E-state index >= 15 is 0 Å². The number of rotatable bonds is 8. The van der Waals surface area contributed by atoms with E-state index in [9.17, 15) is 5.48 Å². The average Bonchev–Trinajstić information content (AvgIpc) is 3.66. The Hall–Kier alpha value is -7.36. The number of nitrogens with zero attached hydrogens (tertiary/aromatic N) is 2. The zero-order valence-corrected chi connectivity index (χ0v) is 29.8. The number of anilines is 6. The molecular weight excluding hydrogens is 669 g/mol. The van der Waals surface area contributed by atoms with Crippen LogP contribution in [0.15, 0.2) is 223 Å². The van der Waals surface area contributed by atoms with Crippen LogP contribution in [0.4, 0.5) is 34.1 Å². The van der Waals surface area contributed by atoms with Crippen molar-refractivity contribution in [1.29, 1.82) is 0 Å². The van der Waals surface area contributed by atoms with Gasteiger partial charge in [0.1, 0.15) is 5.58 Å². The molecular formula is C52H36N2O. The lowest BCUT2D eigenvalue weighted by atomic mass is 9.99. The highest BCUT2D eigenvalue weighted by atomic mass is 16.3. The Balaban J connectivity index is 1.03. The normalized spacial score (nSPS) is 12.3. The third-order valence-electron chi connectivity index (χ3n) is 10.1. The van der Waals surface area contributed by atoms with Crippen molar-refractivity contribution in [2.45, 2.75) is 0 Å². The van der Waals surface area contributed by atoms with Crippen molar-refractivity contribution in [3.63, 3.8) is 0 Å². The second kappa shape index (κ2) is 13.9. The molecule has 0 spiro atoms. The second-order valence-electron chi connectivity index (χ2n) is 13.5. The molecule has 0 aliphatic heterocycles. The van der Waals surface area contributed by atoms with Crippen LogP contribution in [0.25, 0.3) is 55.0 Å². The summed E-state index contributed by atoms with van der Waals surface area (Å²) in [4.78, 5) is 4.01. The van der Waals surface area contributed by atoms with E-state index in [4.69, 9.17) is 4.42 Å². The van der Waals surface area contributed by atoms with Crippen molar-refractivity contribution in [2.24, 2.45) is 0 Å². The molecule has 0 aliphatic carbocycles. The van der Waals surface area contributed by atoms with E-state index in [2.05, 4.69) is 71.6 Å². The Labute approximate surface area is 326 Å². The molecule has 0 amide bonds. The molecule has 3 heteroatoms. The van der Waals surface area contributed by atoms with Crippen LogP contribution in [0.2, 0.25) is 0 Å². The van der Waals surface area contributed by atoms with E-state index in [1.54, 1.807) is 4.90 Å². The zero-order valence-electron chi connectivity index (χ0n) is 33.8. The summed E-state index contributed by atoms with van der Waals surface area (Å²) in [7, 11) is 0. The molecule has 9 aromatic carbocycles. The maximum atomic E-state index is 9.45. The summed E-state index contributed by atoms with van der Waals surface area (Å²) >= 11 is 0. The summed E-state index contributed by atoms with van der Waals surface area (Å²) in [5.74, 6) is 0. The lowest BCUT2D eigenvalue weighted by molar-refractivity contribution is 0.669. The van der Waals surface area contributed by atoms with E-state index < -0.39 is 0 Å². The summed E-state index contributed by atoms with van der Waals surface area (Å²) in [6.45, 7) is 0. The first-order valence-electron chi connectivity index (χ1n) is 20.4. The Kier molecular flexibility index (Phi) is 7.12. The second-order valence-corrected chi connectivity index (χ2v) is 13.5. The smallest absolute Gasteiger partial charge is 0.159 e. The van der Waals surface area contributed by atoms with Crippen LogP contribution < -0.4 is 9.80 Å². The molecule has 0 atom stereocenters. The number of furan rings is 1. The van der Waals surface area contributed by atoms with E-state index in [1.807, 2.05) is 127 Å². The molecule has 1 heterocycles. The van der Waals surface area contributed by atoms with Gasteiger partial charge in [-0.25, -0.2) is 0 Å². The van der Waals surface area contributed by atoms with Crippen LogP contribution in [0.5, 0.6) is 0 Å². The number of fused-ring (bicyclic) bond motifs is 4. The van der Waals surface area contributed by atoms with Crippen molar-refractivity contribution < 1.29 is 9.90 Å². The predicted octanol–water partition coefficient (Wildman–Crippen LogP) is 15.0. The Morgan fingerprint density at radius 3 is 1.40 bits per heavy atom. The fraction of sp³-hybridized carbons (Fsp3) is 0. The summed E-state index contributed by atoms with van der Waals surface area (Å²) < 4.78 is 44.2. The van der Waals surface area contributed by atoms with E-state index in [0.29, 0.717) is 22.5 Å². The monoisotopic (exact) mass is 708 g/mol. The van der Waals surface area contributed by atoms with E-state index in [1.165, 1.54) is 0 Å². The van der Waals surface area contributed by atoms with Gasteiger partial charge in [-0.2, -0.15) is 0 Å². The molecule has 55 heavy (non-hydrogen) atoms. The number of hydrogen-bond acceptors (Lipinski definition) is 3. The Morgan fingerprint density at radius 1 is 0.345 bits per heavy atom. The quantitative estimate of drug-likeness (QED) is 0.157. The topological polar surface area (TPSA) is 19.6 Å². The first kappa shape index (κ1) is 28.2. The fourth-order valence-corrected chi connectivity index (χ4v) is 7.41. The summed E-state index contributed by atoms with van der Waals surface area (Å²) in [6.07, 6.45) is 0. The molecule has 0 fully saturated rings. The third kappa shape index (κ3) is 6.08. The van der Waals surface area contributed by atoms with Crippen molar-refractivity contribution in [2.75, 3.05) is 9.80 Å². The minimum atomic E-state index is -0.148. The van der Waals surface area contributed by atoms with Gasteiger partial charge in [-0.15, -0.1) is 0 Å². The molecule has 0 saturated carbocycles. The van der Waals surface area contributed by atoms with Crippen LogP contribution in [-0.4, -0.2) is 0 Å². The molecule has 0 radical (unpaired) electrons. The molecule has 0 N–H and O–H groups in total. The predicted molar refractivity (Wildman–Crippen MR) is 231 cm³/mol. The van der Waals surface area contributed by atoms with Gasteiger partial charge in [-0.3, -0.25) is 0 Å². The highest BCUT2D eigenvalue weighted by molar-refractivity contribution is 6.13. The van der Waals surface area contributed by atoms with Gasteiger partial charge in [0.2, 0.25) is 0 Å². The zero-order chi connectivity index (χ0) is 40.0. The van der Waals surface area contributed by atoms with E-state index in [0.717, 1.165) is 55.3 Å². The van der Waals surface area contributed by atoms with Crippen LogP contribution in [0, 0.1) is 0 Å². The highest BCUT2D eigenvalue weighted by Crippen LogP contribution is 2.43. The molecule has 0 unspecified atom stereocenters. The van der Waals surface area contributed by atoms with Crippen molar-refractivity contribution in [3.05, 3.63) is 218 Å². The third-order valence-corrected chi connectivity index (χ3v) is 10.1. The molecule has 10 aromatic rings. The largest absolute Gasteiger partial charge is 0.454 e. The number of benzene rings is 9. The SMILES string of the molecule is [2H]c1c([2H])c(N(c2ccccc2)c2cccc3c2oc2cc4ccccc4cc23)c([2H])c([2H])c1-c1ccc(-c2ccc(N(c3ccccc3)c3ccccc3)cc2)cc1. The molecule has 0 aliphatic rings. The van der Waals surface area contributed by atoms with E-state index in [-0.39, 0.29) is 35.4 Å². The molecule has 10 rings (SSSR count). The Bertz CT molecular complexity index is 3070. The average molecular weight is 709 g/mol. The highest BCUT2D eigenvalue weighted by Gasteiger charge is 2.20. The summed E-state index contributed by atoms with van der Waals surface area (Å²) in [6, 6.07) is 63.8. The van der Waals surface area contributed by atoms with Gasteiger partial charge in [-0.05, 0) is 112 Å². The number of para-hydroxylation sites is 4. The lowest BCUT2D eigenvalue weighted by Crippen LogP contribution is -2.10. The molecule has 260 valence electrons. The van der Waals surface area contributed by atoms with Crippen molar-refractivity contribution in [3.8, 4) is 22.3 Å². The standard InChI is InChI=1S/C52H36N2O/c1-4-15-43(16-5-1)53(44-17-6-2-7-18-44)46-31-27-39(28-32-46)37-23-25-38(26-24-37)40-29-33-47(34-30-40)54(45-19-8-3-9-20-45)50-22-12-21-48-49-35-41-13-10-11-14-42(41)36-51(49)55-52(48)50/h1-36H/i29D,30D,33D,34D. The van der Waals surface area contributed by atoms with Crippen LogP contribution >= 0.6 is 0 Å². The minimum absolute atomic E-state index is 0.121. The maximum absolute atomic E-state index is 9.45. The lowest BCUT2D eigenvalue weighted by Gasteiger charge is -2.25. The molecule has 3 nitrogen and oxygen atoms in total. The minimum Gasteiger partial charge on any atom is -0.454 e. The maximum Gasteiger partial charge on any atom is 0.159 e. The van der Waals surface area contributed by atoms with Gasteiger partial charge in [-0.1, -0.05) is 139 Å². The first-order valence-corrected chi connectivity index (χ1v) is 18.4. The van der Waals surface area contributed by atoms with Crippen LogP contribution in [-0.2, 0) is 0 Å². The van der Waals surface area contributed by atoms with Crippen molar-refractivity contribution >= 4 is 66.8 Å². The van der Waals surface area contributed by atoms with Gasteiger partial charge in [0.25, 0.3) is 0 Å². The Morgan fingerprint density at radius 2 is 0.818 bits per heavy atom. The fourth-order valence-electron chi connectivity index (χ4n) is 7.41. The van der Waals surface area contributed by atoms with Crippen LogP contribution in [0.3, 0.4) is 0 Å².